The molecule has 0 aliphatic heterocycles. The molecular formula is C34H38O3. The molecule has 192 valence electrons. The van der Waals surface area contributed by atoms with Crippen LogP contribution in [0.4, 0.5) is 0 Å². The second-order valence-electron chi connectivity index (χ2n) is 11.0. The summed E-state index contributed by atoms with van der Waals surface area (Å²) in [5.74, 6) is -0.0962. The minimum Gasteiger partial charge on any atom is -0.462 e. The van der Waals surface area contributed by atoms with Crippen LogP contribution in [0.1, 0.15) is 65.4 Å². The van der Waals surface area contributed by atoms with Crippen LogP contribution >= 0.6 is 0 Å². The van der Waals surface area contributed by atoms with Crippen LogP contribution in [0.15, 0.2) is 78.9 Å². The quantitative estimate of drug-likeness (QED) is 0.190. The van der Waals surface area contributed by atoms with Gasteiger partial charge in [0.15, 0.2) is 0 Å². The Balaban J connectivity index is 1.42. The highest BCUT2D eigenvalue weighted by molar-refractivity contribution is 6.14. The number of hydrogen-bond acceptors (Lipinski definition) is 3. The smallest absolute Gasteiger partial charge is 0.308 e. The largest absolute Gasteiger partial charge is 0.462 e. The number of hydrogen-bond donors (Lipinski definition) is 0. The van der Waals surface area contributed by atoms with Crippen LogP contribution < -0.4 is 0 Å². The van der Waals surface area contributed by atoms with Crippen LogP contribution in [-0.4, -0.2) is 18.2 Å². The second kappa shape index (κ2) is 10.7. The van der Waals surface area contributed by atoms with Crippen molar-refractivity contribution in [3.63, 3.8) is 0 Å². The fourth-order valence-electron chi connectivity index (χ4n) is 5.54. The Labute approximate surface area is 220 Å². The Kier molecular flexibility index (Phi) is 7.35. The maximum Gasteiger partial charge on any atom is 0.308 e. The van der Waals surface area contributed by atoms with Gasteiger partial charge in [0.25, 0.3) is 0 Å². The molecule has 1 atom stereocenters. The highest BCUT2D eigenvalue weighted by Crippen LogP contribution is 2.40. The zero-order valence-electron chi connectivity index (χ0n) is 22.5. The number of esters is 1. The van der Waals surface area contributed by atoms with Crippen LogP contribution in [-0.2, 0) is 19.9 Å². The molecule has 0 aromatic heterocycles. The van der Waals surface area contributed by atoms with E-state index in [9.17, 15) is 4.79 Å². The third-order valence-corrected chi connectivity index (χ3v) is 8.00. The highest BCUT2D eigenvalue weighted by Gasteiger charge is 2.31. The number of benzene rings is 4. The van der Waals surface area contributed by atoms with Gasteiger partial charge in [-0.05, 0) is 96.3 Å². The summed E-state index contributed by atoms with van der Waals surface area (Å²) in [5, 5.41) is 5.04. The lowest BCUT2D eigenvalue weighted by molar-refractivity contribution is -0.159. The number of carbonyl (C=O) groups excluding carboxylic acids is 1. The molecule has 0 heterocycles. The van der Waals surface area contributed by atoms with Gasteiger partial charge in [0, 0.05) is 0 Å². The van der Waals surface area contributed by atoms with E-state index < -0.39 is 5.60 Å². The Morgan fingerprint density at radius 2 is 1.51 bits per heavy atom. The molecule has 0 N–H and O–H groups in total. The van der Waals surface area contributed by atoms with Crippen molar-refractivity contribution in [3.8, 4) is 11.1 Å². The van der Waals surface area contributed by atoms with Gasteiger partial charge in [-0.1, -0.05) is 80.6 Å². The van der Waals surface area contributed by atoms with E-state index in [2.05, 4.69) is 92.7 Å². The summed E-state index contributed by atoms with van der Waals surface area (Å²) in [7, 11) is 0. The van der Waals surface area contributed by atoms with Gasteiger partial charge in [-0.2, -0.15) is 0 Å². The highest BCUT2D eigenvalue weighted by atomic mass is 16.5. The molecule has 3 heteroatoms. The predicted octanol–water partition coefficient (Wildman–Crippen LogP) is 8.81. The van der Waals surface area contributed by atoms with Crippen molar-refractivity contribution < 1.29 is 14.3 Å². The maximum absolute atomic E-state index is 12.2. The first-order valence-corrected chi connectivity index (χ1v) is 13.8. The van der Waals surface area contributed by atoms with Gasteiger partial charge in [0.1, 0.15) is 6.10 Å². The number of fused-ring (bicyclic) bond motifs is 3. The molecule has 5 rings (SSSR count). The Bertz CT molecular complexity index is 1380. The van der Waals surface area contributed by atoms with E-state index in [1.807, 2.05) is 13.8 Å². The lowest BCUT2D eigenvalue weighted by Gasteiger charge is -2.36. The first-order valence-electron chi connectivity index (χ1n) is 13.8. The van der Waals surface area contributed by atoms with E-state index >= 15 is 0 Å². The van der Waals surface area contributed by atoms with E-state index in [1.165, 1.54) is 38.2 Å². The molecule has 0 amide bonds. The Hall–Kier alpha value is -3.17. The summed E-state index contributed by atoms with van der Waals surface area (Å²) in [6.07, 6.45) is 4.53. The molecule has 1 aliphatic rings. The van der Waals surface area contributed by atoms with E-state index in [1.54, 1.807) is 0 Å². The molecule has 4 aromatic carbocycles. The summed E-state index contributed by atoms with van der Waals surface area (Å²) < 4.78 is 12.5. The normalized spacial score (nSPS) is 19.1. The molecule has 0 saturated heterocycles. The van der Waals surface area contributed by atoms with Gasteiger partial charge in [-0.25, -0.2) is 0 Å². The molecule has 4 aromatic rings. The minimum absolute atomic E-state index is 0.0168. The number of carbonyl (C=O) groups is 1. The second-order valence-corrected chi connectivity index (χ2v) is 11.0. The lowest BCUT2D eigenvalue weighted by atomic mass is 9.87. The fourth-order valence-corrected chi connectivity index (χ4v) is 5.54. The first kappa shape index (κ1) is 25.5. The Morgan fingerprint density at radius 3 is 2.24 bits per heavy atom. The molecule has 37 heavy (non-hydrogen) atoms. The molecule has 0 radical (unpaired) electrons. The third kappa shape index (κ3) is 5.43. The van der Waals surface area contributed by atoms with Crippen LogP contribution in [0.5, 0.6) is 0 Å². The SMILES string of the molecule is CCC(C)C(=O)OC1CCC(OC(C)(C)c2cc(-c3ccccc3)c3c(ccc4ccccc43)c2)CC1. The van der Waals surface area contributed by atoms with E-state index in [-0.39, 0.29) is 24.1 Å². The van der Waals surface area contributed by atoms with E-state index in [0.717, 1.165) is 32.1 Å². The van der Waals surface area contributed by atoms with Crippen molar-refractivity contribution in [2.75, 3.05) is 0 Å². The van der Waals surface area contributed by atoms with Gasteiger partial charge in [0.2, 0.25) is 0 Å². The van der Waals surface area contributed by atoms with Crippen molar-refractivity contribution in [2.45, 2.75) is 77.6 Å². The topological polar surface area (TPSA) is 35.5 Å². The molecule has 3 nitrogen and oxygen atoms in total. The zero-order valence-corrected chi connectivity index (χ0v) is 22.5. The summed E-state index contributed by atoms with van der Waals surface area (Å²) in [4.78, 5) is 12.2. The molecule has 1 fully saturated rings. The van der Waals surface area contributed by atoms with Crippen molar-refractivity contribution in [3.05, 3.63) is 84.4 Å². The van der Waals surface area contributed by atoms with Crippen LogP contribution in [0.25, 0.3) is 32.7 Å². The number of ether oxygens (including phenoxy) is 2. The summed E-state index contributed by atoms with van der Waals surface area (Å²) >= 11 is 0. The van der Waals surface area contributed by atoms with Crippen molar-refractivity contribution in [1.82, 2.24) is 0 Å². The Morgan fingerprint density at radius 1 is 0.865 bits per heavy atom. The van der Waals surface area contributed by atoms with E-state index in [4.69, 9.17) is 9.47 Å². The monoisotopic (exact) mass is 494 g/mol. The first-order chi connectivity index (χ1) is 17.9. The van der Waals surface area contributed by atoms with Gasteiger partial charge < -0.3 is 9.47 Å². The van der Waals surface area contributed by atoms with Crippen molar-refractivity contribution >= 4 is 27.5 Å². The predicted molar refractivity (Wildman–Crippen MR) is 153 cm³/mol. The summed E-state index contributed by atoms with van der Waals surface area (Å²) in [6.45, 7) is 8.32. The minimum atomic E-state index is -0.450. The molecule has 1 aliphatic carbocycles. The maximum atomic E-state index is 12.2. The van der Waals surface area contributed by atoms with Crippen molar-refractivity contribution in [1.29, 1.82) is 0 Å². The third-order valence-electron chi connectivity index (χ3n) is 8.00. The van der Waals surface area contributed by atoms with Crippen molar-refractivity contribution in [2.24, 2.45) is 5.92 Å². The van der Waals surface area contributed by atoms with Gasteiger partial charge in [0.05, 0.1) is 17.6 Å². The van der Waals surface area contributed by atoms with Crippen LogP contribution in [0.2, 0.25) is 0 Å². The zero-order chi connectivity index (χ0) is 26.0. The fraction of sp³-hybridized carbons (Fsp3) is 0.382. The van der Waals surface area contributed by atoms with Crippen LogP contribution in [0.3, 0.4) is 0 Å². The molecule has 0 bridgehead atoms. The summed E-state index contributed by atoms with van der Waals surface area (Å²) in [5.41, 5.74) is 3.18. The lowest BCUT2D eigenvalue weighted by Crippen LogP contribution is -2.34. The number of rotatable bonds is 7. The van der Waals surface area contributed by atoms with Gasteiger partial charge in [-0.15, -0.1) is 0 Å². The van der Waals surface area contributed by atoms with Crippen LogP contribution in [0, 0.1) is 5.92 Å². The summed E-state index contributed by atoms with van der Waals surface area (Å²) in [6, 6.07) is 28.3. The molecular weight excluding hydrogens is 456 g/mol. The standard InChI is InChI=1S/C34H38O3/c1-5-23(2)33(35)36-28-17-19-29(20-18-28)37-34(3,4)27-21-26-16-15-25-13-9-10-14-30(25)32(26)31(22-27)24-11-7-6-8-12-24/h6-16,21-23,28-29H,5,17-20H2,1-4H3. The molecule has 1 saturated carbocycles. The molecule has 0 spiro atoms. The van der Waals surface area contributed by atoms with E-state index in [0.29, 0.717) is 0 Å². The van der Waals surface area contributed by atoms with Gasteiger partial charge >= 0.3 is 5.97 Å². The van der Waals surface area contributed by atoms with Gasteiger partial charge in [-0.3, -0.25) is 4.79 Å². The average Bonchev–Trinajstić information content (AvgIpc) is 2.93. The molecule has 1 unspecified atom stereocenters. The average molecular weight is 495 g/mol.